The molecule has 8 aromatic carbocycles. The Hall–Kier alpha value is -7.52. The number of fused-ring (bicyclic) bond motifs is 2. The number of esters is 2. The van der Waals surface area contributed by atoms with E-state index >= 15 is 0 Å². The van der Waals surface area contributed by atoms with Crippen molar-refractivity contribution in [1.82, 2.24) is 0 Å². The molecule has 0 saturated carbocycles. The number of hydrogen-bond donors (Lipinski definition) is 2. The molecular formula is C57H54N2O6. The second-order valence-corrected chi connectivity index (χ2v) is 15.7. The molecule has 0 aliphatic heterocycles. The number of nitrogens with two attached hydrogens (primary N) is 2. The molecular weight excluding hydrogens is 809 g/mol. The summed E-state index contributed by atoms with van der Waals surface area (Å²) in [7, 11) is 0. The third-order valence-electron chi connectivity index (χ3n) is 11.2. The predicted molar refractivity (Wildman–Crippen MR) is 260 cm³/mol. The molecule has 0 heterocycles. The minimum absolute atomic E-state index is 0. The number of aryl methyl sites for hydroxylation is 1. The lowest BCUT2D eigenvalue weighted by Gasteiger charge is -2.15. The lowest BCUT2D eigenvalue weighted by atomic mass is 9.90. The van der Waals surface area contributed by atoms with Gasteiger partial charge >= 0.3 is 11.9 Å². The van der Waals surface area contributed by atoms with Crippen LogP contribution in [0.25, 0.3) is 21.5 Å². The molecule has 0 amide bonds. The van der Waals surface area contributed by atoms with Crippen LogP contribution in [0.5, 0.6) is 5.75 Å². The number of hydrogen-bond acceptors (Lipinski definition) is 8. The first kappa shape index (κ1) is 47.0. The summed E-state index contributed by atoms with van der Waals surface area (Å²) < 4.78 is 10.8. The molecule has 0 spiro atoms. The van der Waals surface area contributed by atoms with E-state index in [1.807, 2.05) is 116 Å². The Morgan fingerprint density at radius 1 is 0.462 bits per heavy atom. The van der Waals surface area contributed by atoms with Gasteiger partial charge < -0.3 is 20.9 Å². The summed E-state index contributed by atoms with van der Waals surface area (Å²) in [6.07, 6.45) is 0.653. The van der Waals surface area contributed by atoms with E-state index in [1.54, 1.807) is 60.7 Å². The van der Waals surface area contributed by atoms with E-state index < -0.39 is 11.9 Å². The maximum Gasteiger partial charge on any atom is 0.343 e. The van der Waals surface area contributed by atoms with Crippen molar-refractivity contribution < 1.29 is 28.7 Å². The van der Waals surface area contributed by atoms with Crippen molar-refractivity contribution in [1.29, 1.82) is 0 Å². The molecule has 0 saturated heterocycles. The molecule has 0 radical (unpaired) electrons. The number of ether oxygens (including phenoxy) is 2. The molecule has 0 aliphatic carbocycles. The van der Waals surface area contributed by atoms with E-state index in [0.29, 0.717) is 29.7 Å². The van der Waals surface area contributed by atoms with E-state index in [1.165, 1.54) is 0 Å². The number of carbonyl (C=O) groups excluding carboxylic acids is 4. The first-order valence-corrected chi connectivity index (χ1v) is 21.3. The number of Topliss-reactive ketones (excluding diaryl/α,β-unsaturated/α-hetero) is 2. The molecule has 0 fully saturated rings. The molecule has 4 N–H and O–H groups in total. The van der Waals surface area contributed by atoms with Crippen LogP contribution in [0.1, 0.15) is 73.4 Å². The van der Waals surface area contributed by atoms with Gasteiger partial charge in [0.25, 0.3) is 0 Å². The second-order valence-electron chi connectivity index (χ2n) is 15.7. The van der Waals surface area contributed by atoms with Crippen LogP contribution in [-0.4, -0.2) is 36.6 Å². The summed E-state index contributed by atoms with van der Waals surface area (Å²) in [4.78, 5) is 50.4. The van der Waals surface area contributed by atoms with E-state index in [2.05, 4.69) is 18.2 Å². The molecule has 8 nitrogen and oxygen atoms in total. The maximum absolute atomic E-state index is 13.0. The Morgan fingerprint density at radius 3 is 1.38 bits per heavy atom. The monoisotopic (exact) mass is 862 g/mol. The number of ketones is 2. The minimum atomic E-state index is -0.420. The third-order valence-corrected chi connectivity index (χ3v) is 11.2. The Kier molecular flexibility index (Phi) is 16.4. The molecule has 0 aromatic heterocycles. The van der Waals surface area contributed by atoms with E-state index in [0.717, 1.165) is 54.9 Å². The van der Waals surface area contributed by atoms with Gasteiger partial charge in [0.05, 0.1) is 23.0 Å². The van der Waals surface area contributed by atoms with Gasteiger partial charge in [-0.1, -0.05) is 165 Å². The van der Waals surface area contributed by atoms with Gasteiger partial charge in [0.1, 0.15) is 23.9 Å². The Labute approximate surface area is 380 Å². The molecule has 2 unspecified atom stereocenters. The predicted octanol–water partition coefficient (Wildman–Crippen LogP) is 10.9. The molecule has 0 bridgehead atoms. The van der Waals surface area contributed by atoms with Crippen LogP contribution in [0.2, 0.25) is 0 Å². The van der Waals surface area contributed by atoms with Crippen LogP contribution in [0.4, 0.5) is 0 Å². The summed E-state index contributed by atoms with van der Waals surface area (Å²) in [6, 6.07) is 59.0. The smallest absolute Gasteiger partial charge is 0.343 e. The van der Waals surface area contributed by atoms with E-state index in [9.17, 15) is 19.2 Å². The highest BCUT2D eigenvalue weighted by atomic mass is 16.5. The zero-order valence-electron chi connectivity index (χ0n) is 35.7. The molecule has 328 valence electrons. The Balaban J connectivity index is 0.000000212. The minimum Gasteiger partial charge on any atom is -0.457 e. The van der Waals surface area contributed by atoms with E-state index in [-0.39, 0.29) is 50.6 Å². The van der Waals surface area contributed by atoms with Gasteiger partial charge in [-0.25, -0.2) is 9.59 Å². The molecule has 65 heavy (non-hydrogen) atoms. The van der Waals surface area contributed by atoms with Crippen molar-refractivity contribution in [2.24, 2.45) is 11.5 Å². The van der Waals surface area contributed by atoms with Crippen molar-refractivity contribution in [2.75, 3.05) is 13.1 Å². The van der Waals surface area contributed by atoms with Gasteiger partial charge in [0.15, 0.2) is 0 Å². The van der Waals surface area contributed by atoms with Crippen molar-refractivity contribution >= 4 is 45.0 Å². The summed E-state index contributed by atoms with van der Waals surface area (Å²) in [5, 5.41) is 4.54. The van der Waals surface area contributed by atoms with Crippen LogP contribution in [0.3, 0.4) is 0 Å². The van der Waals surface area contributed by atoms with Crippen LogP contribution in [0.15, 0.2) is 188 Å². The lowest BCUT2D eigenvalue weighted by molar-refractivity contribution is -0.120. The molecule has 8 heteroatoms. The van der Waals surface area contributed by atoms with Gasteiger partial charge in [-0.05, 0) is 92.7 Å². The zero-order valence-corrected chi connectivity index (χ0v) is 35.7. The van der Waals surface area contributed by atoms with Gasteiger partial charge in [-0.2, -0.15) is 0 Å². The summed E-state index contributed by atoms with van der Waals surface area (Å²) in [6.45, 7) is 2.60. The molecule has 2 atom stereocenters. The highest BCUT2D eigenvalue weighted by molar-refractivity contribution is 5.92. The van der Waals surface area contributed by atoms with E-state index in [4.69, 9.17) is 20.9 Å². The topological polar surface area (TPSA) is 139 Å². The van der Waals surface area contributed by atoms with Crippen molar-refractivity contribution in [3.05, 3.63) is 233 Å². The summed E-state index contributed by atoms with van der Waals surface area (Å²) >= 11 is 0. The lowest BCUT2D eigenvalue weighted by Crippen LogP contribution is -2.23. The first-order valence-electron chi connectivity index (χ1n) is 21.3. The Bertz CT molecular complexity index is 2860. The van der Waals surface area contributed by atoms with Gasteiger partial charge in [-0.15, -0.1) is 0 Å². The fourth-order valence-corrected chi connectivity index (χ4v) is 7.53. The highest BCUT2D eigenvalue weighted by Crippen LogP contribution is 2.25. The SMILES string of the molecule is C.Cc1ccc(C(=O)OCc2ccc(C(CN)C(=O)Cc3ccc4ccccc4c3)cc2)cc1.NCC(C(=O)Cc1ccc2ccccc2c1)c1ccc(OC(=O)c2ccccc2)cc1. The maximum atomic E-state index is 13.0. The molecule has 8 aromatic rings. The fraction of sp³-hybridized carbons (Fsp3) is 0.158. The van der Waals surface area contributed by atoms with Crippen LogP contribution in [0, 0.1) is 6.92 Å². The van der Waals surface area contributed by atoms with Crippen LogP contribution < -0.4 is 16.2 Å². The van der Waals surface area contributed by atoms with Crippen molar-refractivity contribution in [3.8, 4) is 5.75 Å². The summed E-state index contributed by atoms with van der Waals surface area (Å²) in [5.41, 5.74) is 18.5. The average molecular weight is 863 g/mol. The second kappa shape index (κ2) is 22.7. The third kappa shape index (κ3) is 12.6. The Morgan fingerprint density at radius 2 is 0.892 bits per heavy atom. The van der Waals surface area contributed by atoms with Gasteiger partial charge in [0, 0.05) is 25.9 Å². The molecule has 8 rings (SSSR count). The van der Waals surface area contributed by atoms with Gasteiger partial charge in [0.2, 0.25) is 0 Å². The number of carbonyl (C=O) groups is 4. The zero-order chi connectivity index (χ0) is 44.8. The average Bonchev–Trinajstić information content (AvgIpc) is 3.33. The first-order chi connectivity index (χ1) is 31.2. The molecule has 0 aliphatic rings. The highest BCUT2D eigenvalue weighted by Gasteiger charge is 2.21. The van der Waals surface area contributed by atoms with Crippen molar-refractivity contribution in [2.45, 2.75) is 45.6 Å². The number of benzene rings is 8. The largest absolute Gasteiger partial charge is 0.457 e. The van der Waals surface area contributed by atoms with Gasteiger partial charge in [-0.3, -0.25) is 9.59 Å². The normalized spacial score (nSPS) is 11.6. The standard InChI is InChI=1S/C29H27NO3.C27H23NO3.CH4/c1-20-6-11-25(12-7-20)29(32)33-19-21-8-14-24(15-9-21)27(18-30)28(31)17-22-10-13-23-4-2-3-5-26(23)16-22;28-18-25(26(29)17-19-10-11-20-6-4-5-9-23(20)16-19)21-12-14-24(15-13-21)31-27(30)22-7-2-1-3-8-22;/h2-16,27H,17-19,30H2,1H3;1-16,25H,17-18,28H2;1H4. The quantitative estimate of drug-likeness (QED) is 0.0767. The van der Waals surface area contributed by atoms with Crippen molar-refractivity contribution in [3.63, 3.8) is 0 Å². The summed E-state index contributed by atoms with van der Waals surface area (Å²) in [5.74, 6) is -0.986. The van der Waals surface area contributed by atoms with Crippen LogP contribution >= 0.6 is 0 Å². The van der Waals surface area contributed by atoms with Crippen LogP contribution in [-0.2, 0) is 33.8 Å². The number of rotatable bonds is 15. The fourth-order valence-electron chi connectivity index (χ4n) is 7.53.